The van der Waals surface area contributed by atoms with E-state index >= 15 is 0 Å². The molecule has 0 aromatic carbocycles. The molecular formula is C18H24N4OS. The SMILES string of the molecule is CSCCC(=O)N1CCCC(c2nccn2Cc2ccccn2)C1. The van der Waals surface area contributed by atoms with E-state index in [1.165, 1.54) is 0 Å². The fraction of sp³-hybridized carbons (Fsp3) is 0.500. The van der Waals surface area contributed by atoms with Gasteiger partial charge >= 0.3 is 0 Å². The largest absolute Gasteiger partial charge is 0.342 e. The molecule has 0 saturated carbocycles. The van der Waals surface area contributed by atoms with Gasteiger partial charge < -0.3 is 9.47 Å². The Morgan fingerprint density at radius 2 is 2.25 bits per heavy atom. The van der Waals surface area contributed by atoms with Crippen LogP contribution in [0.3, 0.4) is 0 Å². The molecule has 1 amide bonds. The molecule has 0 N–H and O–H groups in total. The molecule has 1 fully saturated rings. The lowest BCUT2D eigenvalue weighted by Crippen LogP contribution is -2.40. The molecule has 6 heteroatoms. The Hall–Kier alpha value is -1.82. The number of amides is 1. The highest BCUT2D eigenvalue weighted by Gasteiger charge is 2.27. The minimum absolute atomic E-state index is 0.275. The van der Waals surface area contributed by atoms with Crippen LogP contribution in [0.25, 0.3) is 0 Å². The molecule has 2 aromatic heterocycles. The van der Waals surface area contributed by atoms with Gasteiger partial charge in [-0.2, -0.15) is 11.8 Å². The van der Waals surface area contributed by atoms with Crippen molar-refractivity contribution in [2.75, 3.05) is 25.1 Å². The normalized spacial score (nSPS) is 17.9. The number of carbonyl (C=O) groups excluding carboxylic acids is 1. The minimum atomic E-state index is 0.275. The van der Waals surface area contributed by atoms with E-state index in [9.17, 15) is 4.79 Å². The van der Waals surface area contributed by atoms with Crippen molar-refractivity contribution in [3.8, 4) is 0 Å². The Bertz CT molecular complexity index is 658. The number of thioether (sulfide) groups is 1. The number of rotatable bonds is 6. The third-order valence-corrected chi connectivity index (χ3v) is 5.08. The molecule has 0 aliphatic carbocycles. The van der Waals surface area contributed by atoms with Gasteiger partial charge in [0.25, 0.3) is 0 Å². The first kappa shape index (κ1) is 17.0. The Labute approximate surface area is 147 Å². The number of imidazole rings is 1. The molecule has 1 aliphatic heterocycles. The summed E-state index contributed by atoms with van der Waals surface area (Å²) in [6.07, 6.45) is 10.5. The zero-order chi connectivity index (χ0) is 16.8. The molecule has 5 nitrogen and oxygen atoms in total. The third kappa shape index (κ3) is 4.17. The highest BCUT2D eigenvalue weighted by Crippen LogP contribution is 2.26. The van der Waals surface area contributed by atoms with Gasteiger partial charge in [-0.15, -0.1) is 0 Å². The van der Waals surface area contributed by atoms with Gasteiger partial charge in [0.05, 0.1) is 12.2 Å². The molecule has 1 saturated heterocycles. The molecule has 3 rings (SSSR count). The maximum Gasteiger partial charge on any atom is 0.223 e. The quantitative estimate of drug-likeness (QED) is 0.808. The van der Waals surface area contributed by atoms with Crippen molar-refractivity contribution in [1.29, 1.82) is 0 Å². The standard InChI is InChI=1S/C18H24N4OS/c1-24-12-7-17(23)21-10-4-5-15(13-21)18-20-9-11-22(18)14-16-6-2-3-8-19-16/h2-3,6,8-9,11,15H,4-5,7,10,12-14H2,1H3. The number of piperidine rings is 1. The lowest BCUT2D eigenvalue weighted by molar-refractivity contribution is -0.132. The van der Waals surface area contributed by atoms with E-state index in [0.29, 0.717) is 12.3 Å². The molecule has 0 bridgehead atoms. The zero-order valence-corrected chi connectivity index (χ0v) is 14.9. The van der Waals surface area contributed by atoms with E-state index < -0.39 is 0 Å². The van der Waals surface area contributed by atoms with Crippen LogP contribution in [0.2, 0.25) is 0 Å². The van der Waals surface area contributed by atoms with Gasteiger partial charge in [-0.05, 0) is 31.2 Å². The van der Waals surface area contributed by atoms with E-state index in [1.807, 2.05) is 47.9 Å². The Morgan fingerprint density at radius 3 is 3.04 bits per heavy atom. The average Bonchev–Trinajstić information content (AvgIpc) is 3.09. The molecule has 24 heavy (non-hydrogen) atoms. The summed E-state index contributed by atoms with van der Waals surface area (Å²) in [5, 5.41) is 0. The van der Waals surface area contributed by atoms with E-state index in [0.717, 1.165) is 49.7 Å². The number of likely N-dealkylation sites (tertiary alicyclic amines) is 1. The number of nitrogens with zero attached hydrogens (tertiary/aromatic N) is 4. The average molecular weight is 344 g/mol. The maximum absolute atomic E-state index is 12.3. The van der Waals surface area contributed by atoms with Gasteiger partial charge in [-0.1, -0.05) is 6.07 Å². The van der Waals surface area contributed by atoms with E-state index in [-0.39, 0.29) is 5.91 Å². The van der Waals surface area contributed by atoms with E-state index in [4.69, 9.17) is 0 Å². The molecule has 1 aliphatic rings. The molecule has 1 atom stereocenters. The number of hydrogen-bond donors (Lipinski definition) is 0. The smallest absolute Gasteiger partial charge is 0.223 e. The second-order valence-electron chi connectivity index (χ2n) is 6.16. The fourth-order valence-corrected chi connectivity index (χ4v) is 3.62. The first-order valence-electron chi connectivity index (χ1n) is 8.45. The third-order valence-electron chi connectivity index (χ3n) is 4.47. The van der Waals surface area contributed by atoms with Gasteiger partial charge in [-0.25, -0.2) is 4.98 Å². The van der Waals surface area contributed by atoms with Crippen molar-refractivity contribution in [3.63, 3.8) is 0 Å². The monoisotopic (exact) mass is 344 g/mol. The van der Waals surface area contributed by atoms with Crippen LogP contribution in [-0.2, 0) is 11.3 Å². The van der Waals surface area contributed by atoms with Crippen molar-refractivity contribution >= 4 is 17.7 Å². The van der Waals surface area contributed by atoms with Gasteiger partial charge in [0.1, 0.15) is 5.82 Å². The van der Waals surface area contributed by atoms with E-state index in [2.05, 4.69) is 14.5 Å². The Kier molecular flexibility index (Phi) is 5.91. The van der Waals surface area contributed by atoms with Crippen molar-refractivity contribution in [1.82, 2.24) is 19.4 Å². The van der Waals surface area contributed by atoms with Gasteiger partial charge in [-0.3, -0.25) is 9.78 Å². The molecule has 3 heterocycles. The van der Waals surface area contributed by atoms with E-state index in [1.54, 1.807) is 11.8 Å². The number of pyridine rings is 1. The van der Waals surface area contributed by atoms with Crippen molar-refractivity contribution in [2.24, 2.45) is 0 Å². The molecule has 128 valence electrons. The lowest BCUT2D eigenvalue weighted by atomic mass is 9.97. The second kappa shape index (κ2) is 8.33. The number of aromatic nitrogens is 3. The van der Waals surface area contributed by atoms with Gasteiger partial charge in [0.2, 0.25) is 5.91 Å². The zero-order valence-electron chi connectivity index (χ0n) is 14.1. The topological polar surface area (TPSA) is 51.0 Å². The highest BCUT2D eigenvalue weighted by atomic mass is 32.2. The number of hydrogen-bond acceptors (Lipinski definition) is 4. The van der Waals surface area contributed by atoms with Crippen molar-refractivity contribution < 1.29 is 4.79 Å². The maximum atomic E-state index is 12.3. The van der Waals surface area contributed by atoms with Crippen LogP contribution < -0.4 is 0 Å². The fourth-order valence-electron chi connectivity index (χ4n) is 3.24. The number of carbonyl (C=O) groups is 1. The summed E-state index contributed by atoms with van der Waals surface area (Å²) in [6, 6.07) is 5.96. The van der Waals surface area contributed by atoms with Crippen LogP contribution in [0, 0.1) is 0 Å². The summed E-state index contributed by atoms with van der Waals surface area (Å²) in [6.45, 7) is 2.39. The molecule has 0 radical (unpaired) electrons. The molecular weight excluding hydrogens is 320 g/mol. The van der Waals surface area contributed by atoms with Crippen LogP contribution in [0.4, 0.5) is 0 Å². The molecule has 0 spiro atoms. The van der Waals surface area contributed by atoms with Crippen LogP contribution in [0.1, 0.15) is 36.7 Å². The van der Waals surface area contributed by atoms with Crippen LogP contribution >= 0.6 is 11.8 Å². The lowest BCUT2D eigenvalue weighted by Gasteiger charge is -2.32. The second-order valence-corrected chi connectivity index (χ2v) is 7.14. The molecule has 2 aromatic rings. The Balaban J connectivity index is 1.68. The van der Waals surface area contributed by atoms with Gasteiger partial charge in [0, 0.05) is 49.8 Å². The first-order valence-corrected chi connectivity index (χ1v) is 9.85. The van der Waals surface area contributed by atoms with Crippen LogP contribution in [0.15, 0.2) is 36.8 Å². The minimum Gasteiger partial charge on any atom is -0.342 e. The summed E-state index contributed by atoms with van der Waals surface area (Å²) in [5.41, 5.74) is 1.03. The summed E-state index contributed by atoms with van der Waals surface area (Å²) in [7, 11) is 0. The predicted octanol–water partition coefficient (Wildman–Crippen LogP) is 2.79. The van der Waals surface area contributed by atoms with Crippen molar-refractivity contribution in [2.45, 2.75) is 31.7 Å². The summed E-state index contributed by atoms with van der Waals surface area (Å²) in [4.78, 5) is 23.3. The van der Waals surface area contributed by atoms with Crippen LogP contribution in [-0.4, -0.2) is 50.4 Å². The predicted molar refractivity (Wildman–Crippen MR) is 97.1 cm³/mol. The summed E-state index contributed by atoms with van der Waals surface area (Å²) in [5.74, 6) is 2.56. The first-order chi connectivity index (χ1) is 11.8. The Morgan fingerprint density at radius 1 is 1.33 bits per heavy atom. The van der Waals surface area contributed by atoms with Crippen LogP contribution in [0.5, 0.6) is 0 Å². The molecule has 1 unspecified atom stereocenters. The highest BCUT2D eigenvalue weighted by molar-refractivity contribution is 7.98. The van der Waals surface area contributed by atoms with Crippen molar-refractivity contribution in [3.05, 3.63) is 48.3 Å². The summed E-state index contributed by atoms with van der Waals surface area (Å²) < 4.78 is 2.17. The summed E-state index contributed by atoms with van der Waals surface area (Å²) >= 11 is 1.73. The van der Waals surface area contributed by atoms with Gasteiger partial charge in [0.15, 0.2) is 0 Å².